The molecule has 1 amide bonds. The van der Waals surface area contributed by atoms with E-state index in [1.54, 1.807) is 4.90 Å². The zero-order valence-corrected chi connectivity index (χ0v) is 15.8. The van der Waals surface area contributed by atoms with Crippen LogP contribution in [0.25, 0.3) is 0 Å². The normalized spacial score (nSPS) is 15.7. The van der Waals surface area contributed by atoms with E-state index < -0.39 is 15.6 Å². The van der Waals surface area contributed by atoms with Crippen LogP contribution < -0.4 is 5.32 Å². The number of halogens is 1. The maximum Gasteiger partial charge on any atom is 0.238 e. The molecule has 26 heavy (non-hydrogen) atoms. The van der Waals surface area contributed by atoms with Crippen LogP contribution in [0.2, 0.25) is 5.02 Å². The molecule has 138 valence electrons. The lowest BCUT2D eigenvalue weighted by Crippen LogP contribution is -2.44. The number of sulfone groups is 1. The highest BCUT2D eigenvalue weighted by Gasteiger charge is 2.27. The van der Waals surface area contributed by atoms with Gasteiger partial charge in [-0.2, -0.15) is 0 Å². The molecule has 1 aliphatic rings. The lowest BCUT2D eigenvalue weighted by Gasteiger charge is -2.33. The Bertz CT molecular complexity index is 846. The van der Waals surface area contributed by atoms with E-state index in [0.29, 0.717) is 18.1 Å². The third kappa shape index (κ3) is 4.77. The molecule has 0 saturated carbocycles. The van der Waals surface area contributed by atoms with Gasteiger partial charge in [-0.3, -0.25) is 4.79 Å². The van der Waals surface area contributed by atoms with Crippen molar-refractivity contribution in [1.29, 1.82) is 0 Å². The van der Waals surface area contributed by atoms with Gasteiger partial charge in [0.1, 0.15) is 5.75 Å². The van der Waals surface area contributed by atoms with E-state index >= 15 is 0 Å². The third-order valence-corrected chi connectivity index (χ3v) is 6.35. The highest BCUT2D eigenvalue weighted by molar-refractivity contribution is 7.92. The number of hydrogen-bond acceptors (Lipinski definition) is 4. The SMILES string of the molecule is O=C(CS(=O)(=O)c1ccc(Cl)cc1)N1CCC(Nc2ccccc2)CC1. The predicted octanol–water partition coefficient (Wildman–Crippen LogP) is 3.22. The van der Waals surface area contributed by atoms with Gasteiger partial charge in [0.05, 0.1) is 4.90 Å². The van der Waals surface area contributed by atoms with Crippen molar-refractivity contribution in [3.8, 4) is 0 Å². The van der Waals surface area contributed by atoms with Crippen molar-refractivity contribution in [3.63, 3.8) is 0 Å². The van der Waals surface area contributed by atoms with Gasteiger partial charge in [-0.1, -0.05) is 29.8 Å². The molecule has 0 unspecified atom stereocenters. The summed E-state index contributed by atoms with van der Waals surface area (Å²) in [5.41, 5.74) is 1.06. The van der Waals surface area contributed by atoms with E-state index in [2.05, 4.69) is 5.32 Å². The summed E-state index contributed by atoms with van der Waals surface area (Å²) in [6.45, 7) is 1.11. The maximum atomic E-state index is 12.4. The number of likely N-dealkylation sites (tertiary alicyclic amines) is 1. The quantitative estimate of drug-likeness (QED) is 0.848. The summed E-state index contributed by atoms with van der Waals surface area (Å²) in [5, 5.41) is 3.91. The second-order valence-electron chi connectivity index (χ2n) is 6.38. The Labute approximate surface area is 158 Å². The maximum absolute atomic E-state index is 12.4. The fourth-order valence-corrected chi connectivity index (χ4v) is 4.37. The average Bonchev–Trinajstić information content (AvgIpc) is 2.63. The molecule has 0 aromatic heterocycles. The minimum absolute atomic E-state index is 0.121. The Balaban J connectivity index is 1.54. The third-order valence-electron chi connectivity index (χ3n) is 4.48. The Morgan fingerprint density at radius 1 is 1.04 bits per heavy atom. The minimum atomic E-state index is -3.65. The molecule has 0 atom stereocenters. The second kappa shape index (κ2) is 8.10. The number of piperidine rings is 1. The zero-order valence-electron chi connectivity index (χ0n) is 14.3. The number of amides is 1. The van der Waals surface area contributed by atoms with E-state index in [0.717, 1.165) is 18.5 Å². The molecule has 2 aromatic rings. The standard InChI is InChI=1S/C19H21ClN2O3S/c20-15-6-8-18(9-7-15)26(24,25)14-19(23)22-12-10-17(11-13-22)21-16-4-2-1-3-5-16/h1-9,17,21H,10-14H2. The first kappa shape index (κ1) is 18.7. The van der Waals surface area contributed by atoms with Crippen molar-refractivity contribution in [1.82, 2.24) is 4.90 Å². The van der Waals surface area contributed by atoms with Crippen molar-refractivity contribution < 1.29 is 13.2 Å². The Morgan fingerprint density at radius 3 is 2.27 bits per heavy atom. The largest absolute Gasteiger partial charge is 0.382 e. The van der Waals surface area contributed by atoms with Gasteiger partial charge in [-0.25, -0.2) is 8.42 Å². The summed E-state index contributed by atoms with van der Waals surface area (Å²) >= 11 is 5.78. The van der Waals surface area contributed by atoms with Crippen LogP contribution in [0.5, 0.6) is 0 Å². The first-order valence-corrected chi connectivity index (χ1v) is 10.5. The number of carbonyl (C=O) groups excluding carboxylic acids is 1. The molecule has 5 nitrogen and oxygen atoms in total. The number of benzene rings is 2. The minimum Gasteiger partial charge on any atom is -0.382 e. The van der Waals surface area contributed by atoms with Crippen molar-refractivity contribution >= 4 is 33.0 Å². The Kier molecular flexibility index (Phi) is 5.84. The molecule has 1 fully saturated rings. The van der Waals surface area contributed by atoms with Crippen LogP contribution >= 0.6 is 11.6 Å². The Morgan fingerprint density at radius 2 is 1.65 bits per heavy atom. The summed E-state index contributed by atoms with van der Waals surface area (Å²) in [6.07, 6.45) is 1.59. The fraction of sp³-hybridized carbons (Fsp3) is 0.316. The number of rotatable bonds is 5. The van der Waals surface area contributed by atoms with Gasteiger partial charge in [0.25, 0.3) is 0 Å². The van der Waals surface area contributed by atoms with Crippen LogP contribution in [0.15, 0.2) is 59.5 Å². The average molecular weight is 393 g/mol. The molecule has 1 heterocycles. The summed E-state index contributed by atoms with van der Waals surface area (Å²) in [4.78, 5) is 14.2. The van der Waals surface area contributed by atoms with Gasteiger partial charge in [0, 0.05) is 29.8 Å². The summed E-state index contributed by atoms with van der Waals surface area (Å²) in [7, 11) is -3.65. The van der Waals surface area contributed by atoms with Crippen LogP contribution in [0, 0.1) is 0 Å². The van der Waals surface area contributed by atoms with Gasteiger partial charge in [-0.15, -0.1) is 0 Å². The van der Waals surface area contributed by atoms with Gasteiger partial charge in [0.2, 0.25) is 5.91 Å². The van der Waals surface area contributed by atoms with Gasteiger partial charge < -0.3 is 10.2 Å². The van der Waals surface area contributed by atoms with E-state index in [-0.39, 0.29) is 16.8 Å². The predicted molar refractivity (Wildman–Crippen MR) is 103 cm³/mol. The highest BCUT2D eigenvalue weighted by Crippen LogP contribution is 2.19. The molecule has 2 aromatic carbocycles. The van der Waals surface area contributed by atoms with E-state index in [9.17, 15) is 13.2 Å². The van der Waals surface area contributed by atoms with Crippen molar-refractivity contribution in [2.75, 3.05) is 24.2 Å². The smallest absolute Gasteiger partial charge is 0.238 e. The molecule has 0 radical (unpaired) electrons. The molecule has 3 rings (SSSR count). The number of nitrogens with one attached hydrogen (secondary N) is 1. The topological polar surface area (TPSA) is 66.5 Å². The molecule has 0 bridgehead atoms. The molecule has 1 aliphatic heterocycles. The first-order chi connectivity index (χ1) is 12.4. The molecule has 0 spiro atoms. The highest BCUT2D eigenvalue weighted by atomic mass is 35.5. The number of nitrogens with zero attached hydrogens (tertiary/aromatic N) is 1. The Hall–Kier alpha value is -2.05. The second-order valence-corrected chi connectivity index (χ2v) is 8.80. The van der Waals surface area contributed by atoms with Crippen LogP contribution in [-0.2, 0) is 14.6 Å². The first-order valence-electron chi connectivity index (χ1n) is 8.52. The molecule has 0 aliphatic carbocycles. The molecule has 1 saturated heterocycles. The fourth-order valence-electron chi connectivity index (χ4n) is 3.02. The van der Waals surface area contributed by atoms with Crippen molar-refractivity contribution in [2.24, 2.45) is 0 Å². The van der Waals surface area contributed by atoms with Gasteiger partial charge >= 0.3 is 0 Å². The number of para-hydroxylation sites is 1. The zero-order chi connectivity index (χ0) is 18.6. The van der Waals surface area contributed by atoms with Gasteiger partial charge in [-0.05, 0) is 49.2 Å². The van der Waals surface area contributed by atoms with Crippen LogP contribution in [0.4, 0.5) is 5.69 Å². The van der Waals surface area contributed by atoms with Crippen molar-refractivity contribution in [3.05, 3.63) is 59.6 Å². The van der Waals surface area contributed by atoms with E-state index in [1.165, 1.54) is 24.3 Å². The van der Waals surface area contributed by atoms with E-state index in [1.807, 2.05) is 30.3 Å². The van der Waals surface area contributed by atoms with Crippen molar-refractivity contribution in [2.45, 2.75) is 23.8 Å². The van der Waals surface area contributed by atoms with E-state index in [4.69, 9.17) is 11.6 Å². The number of hydrogen-bond donors (Lipinski definition) is 1. The van der Waals surface area contributed by atoms with Crippen LogP contribution in [0.1, 0.15) is 12.8 Å². The molecule has 7 heteroatoms. The monoisotopic (exact) mass is 392 g/mol. The van der Waals surface area contributed by atoms with Gasteiger partial charge in [0.15, 0.2) is 9.84 Å². The summed E-state index contributed by atoms with van der Waals surface area (Å²) < 4.78 is 24.8. The lowest BCUT2D eigenvalue weighted by atomic mass is 10.0. The van der Waals surface area contributed by atoms with Crippen LogP contribution in [0.3, 0.4) is 0 Å². The van der Waals surface area contributed by atoms with Crippen LogP contribution in [-0.4, -0.2) is 44.1 Å². The number of anilines is 1. The molecular formula is C19H21ClN2O3S. The summed E-state index contributed by atoms with van der Waals surface area (Å²) in [6, 6.07) is 16.1. The summed E-state index contributed by atoms with van der Waals surface area (Å²) in [5.74, 6) is -0.857. The number of carbonyl (C=O) groups is 1. The molecule has 1 N–H and O–H groups in total. The lowest BCUT2D eigenvalue weighted by molar-refractivity contribution is -0.129. The molecular weight excluding hydrogens is 372 g/mol.